The molecule has 2 aromatic heterocycles. The Kier molecular flexibility index (Phi) is 9.18. The number of aromatic nitrogens is 2. The molecule has 11 aromatic rings. The highest BCUT2D eigenvalue weighted by Crippen LogP contribution is 2.41. The van der Waals surface area contributed by atoms with E-state index in [0.717, 1.165) is 78.1 Å². The standard InChI is InChI=1S/C58H38N2O/c1-4-14-39(15-5-1)47-33-35-53-56(38-47)61-58(60-53)52-23-13-12-21-49(52)42-26-30-46(31-27-42)57-50-22-11-10-18-41(50)32-34-51(57)43-24-28-45(29-25-43)55-37-48(40-16-6-2-7-17-40)36-54(59-55)44-19-8-3-9-20-44/h1-38H. The van der Waals surface area contributed by atoms with Crippen molar-refractivity contribution >= 4 is 21.9 Å². The molecule has 0 saturated carbocycles. The van der Waals surface area contributed by atoms with Gasteiger partial charge in [-0.2, -0.15) is 0 Å². The number of benzene rings is 9. The maximum atomic E-state index is 6.46. The predicted molar refractivity (Wildman–Crippen MR) is 253 cm³/mol. The van der Waals surface area contributed by atoms with Crippen LogP contribution in [0.3, 0.4) is 0 Å². The van der Waals surface area contributed by atoms with Gasteiger partial charge in [0.05, 0.1) is 11.4 Å². The van der Waals surface area contributed by atoms with E-state index in [1.54, 1.807) is 0 Å². The van der Waals surface area contributed by atoms with Gasteiger partial charge in [0.2, 0.25) is 5.89 Å². The molecule has 0 aliphatic heterocycles. The van der Waals surface area contributed by atoms with Gasteiger partial charge in [-0.3, -0.25) is 0 Å². The van der Waals surface area contributed by atoms with E-state index in [1.165, 1.54) is 27.5 Å². The van der Waals surface area contributed by atoms with Gasteiger partial charge >= 0.3 is 0 Å². The molecule has 0 saturated heterocycles. The number of hydrogen-bond acceptors (Lipinski definition) is 3. The second kappa shape index (κ2) is 15.6. The highest BCUT2D eigenvalue weighted by atomic mass is 16.3. The normalized spacial score (nSPS) is 11.3. The first-order chi connectivity index (χ1) is 30.2. The first-order valence-electron chi connectivity index (χ1n) is 20.6. The van der Waals surface area contributed by atoms with Gasteiger partial charge in [-0.25, -0.2) is 9.97 Å². The minimum atomic E-state index is 0.609. The summed E-state index contributed by atoms with van der Waals surface area (Å²) in [6, 6.07) is 81.2. The van der Waals surface area contributed by atoms with Crippen molar-refractivity contribution in [3.63, 3.8) is 0 Å². The monoisotopic (exact) mass is 778 g/mol. The smallest absolute Gasteiger partial charge is 0.227 e. The summed E-state index contributed by atoms with van der Waals surface area (Å²) in [5, 5.41) is 2.41. The number of fused-ring (bicyclic) bond motifs is 2. The molecule has 0 unspecified atom stereocenters. The van der Waals surface area contributed by atoms with Crippen molar-refractivity contribution in [1.29, 1.82) is 0 Å². The number of hydrogen-bond donors (Lipinski definition) is 0. The van der Waals surface area contributed by atoms with E-state index >= 15 is 0 Å². The van der Waals surface area contributed by atoms with Gasteiger partial charge < -0.3 is 4.42 Å². The second-order valence-corrected chi connectivity index (χ2v) is 15.3. The zero-order chi connectivity index (χ0) is 40.5. The minimum absolute atomic E-state index is 0.609. The molecule has 0 atom stereocenters. The summed E-state index contributed by atoms with van der Waals surface area (Å²) in [6.45, 7) is 0. The van der Waals surface area contributed by atoms with Gasteiger partial charge in [0.25, 0.3) is 0 Å². The summed E-state index contributed by atoms with van der Waals surface area (Å²) < 4.78 is 6.46. The minimum Gasteiger partial charge on any atom is -0.436 e. The Hall–Kier alpha value is -8.14. The summed E-state index contributed by atoms with van der Waals surface area (Å²) in [5.74, 6) is 0.609. The van der Waals surface area contributed by atoms with E-state index in [-0.39, 0.29) is 0 Å². The molecule has 9 aromatic carbocycles. The lowest BCUT2D eigenvalue weighted by atomic mass is 9.88. The molecular weight excluding hydrogens is 741 g/mol. The van der Waals surface area contributed by atoms with Gasteiger partial charge in [0, 0.05) is 16.7 Å². The van der Waals surface area contributed by atoms with Crippen molar-refractivity contribution in [2.24, 2.45) is 0 Å². The lowest BCUT2D eigenvalue weighted by Gasteiger charge is -2.16. The largest absolute Gasteiger partial charge is 0.436 e. The molecule has 286 valence electrons. The summed E-state index contributed by atoms with van der Waals surface area (Å²) in [5.41, 5.74) is 18.0. The maximum absolute atomic E-state index is 6.46. The maximum Gasteiger partial charge on any atom is 0.227 e. The molecule has 0 aliphatic carbocycles. The Bertz CT molecular complexity index is 3260. The molecule has 0 N–H and O–H groups in total. The van der Waals surface area contributed by atoms with Gasteiger partial charge in [-0.1, -0.05) is 200 Å². The van der Waals surface area contributed by atoms with Gasteiger partial charge in [-0.15, -0.1) is 0 Å². The zero-order valence-electron chi connectivity index (χ0n) is 33.2. The first-order valence-corrected chi connectivity index (χ1v) is 20.6. The van der Waals surface area contributed by atoms with Crippen LogP contribution in [0.15, 0.2) is 235 Å². The number of rotatable bonds is 8. The van der Waals surface area contributed by atoms with Crippen LogP contribution in [0.25, 0.3) is 111 Å². The summed E-state index contributed by atoms with van der Waals surface area (Å²) >= 11 is 0. The Morgan fingerprint density at radius 2 is 0.803 bits per heavy atom. The Morgan fingerprint density at radius 1 is 0.295 bits per heavy atom. The van der Waals surface area contributed by atoms with Crippen LogP contribution in [0.2, 0.25) is 0 Å². The predicted octanol–water partition coefficient (Wildman–Crippen LogP) is 15.7. The second-order valence-electron chi connectivity index (χ2n) is 15.3. The molecule has 0 spiro atoms. The summed E-state index contributed by atoms with van der Waals surface area (Å²) in [6.07, 6.45) is 0. The van der Waals surface area contributed by atoms with E-state index in [0.29, 0.717) is 5.89 Å². The molecule has 11 rings (SSSR count). The van der Waals surface area contributed by atoms with Crippen molar-refractivity contribution in [2.75, 3.05) is 0 Å². The molecule has 2 heterocycles. The Morgan fingerprint density at radius 3 is 1.49 bits per heavy atom. The SMILES string of the molecule is c1ccc(-c2cc(-c3ccccc3)nc(-c3ccc(-c4ccc5ccccc5c4-c4ccc(-c5ccccc5-c5nc6ccc(-c7ccccc7)cc6o5)cc4)cc3)c2)cc1. The third-order valence-electron chi connectivity index (χ3n) is 11.6. The van der Waals surface area contributed by atoms with Gasteiger partial charge in [-0.05, 0) is 96.7 Å². The Balaban J connectivity index is 0.952. The fraction of sp³-hybridized carbons (Fsp3) is 0. The van der Waals surface area contributed by atoms with Crippen LogP contribution in [0.5, 0.6) is 0 Å². The number of oxazole rings is 1. The van der Waals surface area contributed by atoms with Crippen LogP contribution in [0.1, 0.15) is 0 Å². The zero-order valence-corrected chi connectivity index (χ0v) is 33.2. The Labute approximate surface area is 354 Å². The van der Waals surface area contributed by atoms with E-state index in [2.05, 4.69) is 206 Å². The van der Waals surface area contributed by atoms with Gasteiger partial charge in [0.15, 0.2) is 5.58 Å². The third kappa shape index (κ3) is 6.98. The van der Waals surface area contributed by atoms with Crippen molar-refractivity contribution < 1.29 is 4.42 Å². The lowest BCUT2D eigenvalue weighted by molar-refractivity contribution is 0.620. The van der Waals surface area contributed by atoms with E-state index in [1.807, 2.05) is 24.3 Å². The van der Waals surface area contributed by atoms with Crippen molar-refractivity contribution in [3.8, 4) is 89.6 Å². The average Bonchev–Trinajstić information content (AvgIpc) is 3.78. The van der Waals surface area contributed by atoms with Crippen molar-refractivity contribution in [1.82, 2.24) is 9.97 Å². The highest BCUT2D eigenvalue weighted by molar-refractivity contribution is 6.04. The van der Waals surface area contributed by atoms with Crippen LogP contribution >= 0.6 is 0 Å². The average molecular weight is 779 g/mol. The fourth-order valence-corrected chi connectivity index (χ4v) is 8.46. The molecule has 3 nitrogen and oxygen atoms in total. The molecule has 61 heavy (non-hydrogen) atoms. The number of nitrogens with zero attached hydrogens (tertiary/aromatic N) is 2. The molecule has 0 bridgehead atoms. The molecule has 3 heteroatoms. The quantitative estimate of drug-likeness (QED) is 0.154. The molecular formula is C58H38N2O. The molecule has 0 aliphatic rings. The highest BCUT2D eigenvalue weighted by Gasteiger charge is 2.17. The molecule has 0 radical (unpaired) electrons. The van der Waals surface area contributed by atoms with Crippen molar-refractivity contribution in [2.45, 2.75) is 0 Å². The van der Waals surface area contributed by atoms with Crippen LogP contribution < -0.4 is 0 Å². The van der Waals surface area contributed by atoms with E-state index in [4.69, 9.17) is 14.4 Å². The third-order valence-corrected chi connectivity index (χ3v) is 11.6. The van der Waals surface area contributed by atoms with Gasteiger partial charge in [0.1, 0.15) is 5.52 Å². The first kappa shape index (κ1) is 36.0. The van der Waals surface area contributed by atoms with Crippen LogP contribution in [0, 0.1) is 0 Å². The topological polar surface area (TPSA) is 38.9 Å². The van der Waals surface area contributed by atoms with Crippen LogP contribution in [-0.2, 0) is 0 Å². The van der Waals surface area contributed by atoms with E-state index in [9.17, 15) is 0 Å². The van der Waals surface area contributed by atoms with Crippen LogP contribution in [0.4, 0.5) is 0 Å². The fourth-order valence-electron chi connectivity index (χ4n) is 8.46. The number of pyridine rings is 1. The molecule has 0 amide bonds. The summed E-state index contributed by atoms with van der Waals surface area (Å²) in [4.78, 5) is 10.1. The van der Waals surface area contributed by atoms with E-state index < -0.39 is 0 Å². The van der Waals surface area contributed by atoms with Crippen LogP contribution in [-0.4, -0.2) is 9.97 Å². The lowest BCUT2D eigenvalue weighted by Crippen LogP contribution is -1.92. The summed E-state index contributed by atoms with van der Waals surface area (Å²) in [7, 11) is 0. The molecule has 0 fully saturated rings. The van der Waals surface area contributed by atoms with Crippen molar-refractivity contribution in [3.05, 3.63) is 231 Å².